The van der Waals surface area contributed by atoms with Gasteiger partial charge in [0, 0.05) is 5.56 Å². The average Bonchev–Trinajstić information content (AvgIpc) is 2.18. The fraction of sp³-hybridized carbons (Fsp3) is 0.364. The van der Waals surface area contributed by atoms with Crippen molar-refractivity contribution in [2.75, 3.05) is 0 Å². The largest absolute Gasteiger partial charge is 0.416 e. The first-order chi connectivity index (χ1) is 7.30. The van der Waals surface area contributed by atoms with Gasteiger partial charge in [0.1, 0.15) is 5.82 Å². The van der Waals surface area contributed by atoms with Crippen LogP contribution in [0.15, 0.2) is 18.2 Å². The number of Topliss-reactive ketones (excluding diaryl/α,β-unsaturated/α-hetero) is 1. The molecular formula is C11H12F4O. The quantitative estimate of drug-likeness (QED) is 0.530. The maximum Gasteiger partial charge on any atom is 0.416 e. The van der Waals surface area contributed by atoms with E-state index in [1.165, 1.54) is 0 Å². The van der Waals surface area contributed by atoms with E-state index in [9.17, 15) is 22.4 Å². The molecule has 1 nitrogen and oxygen atoms in total. The summed E-state index contributed by atoms with van der Waals surface area (Å²) in [7, 11) is 0. The Labute approximate surface area is 91.1 Å². The molecule has 0 aromatic heterocycles. The molecule has 1 rings (SSSR count). The Hall–Kier alpha value is -1.39. The van der Waals surface area contributed by atoms with E-state index >= 15 is 0 Å². The molecule has 0 amide bonds. The monoisotopic (exact) mass is 236 g/mol. The van der Waals surface area contributed by atoms with Crippen molar-refractivity contribution in [2.45, 2.75) is 26.9 Å². The second-order valence-corrected chi connectivity index (χ2v) is 2.78. The molecule has 0 aliphatic carbocycles. The zero-order valence-electron chi connectivity index (χ0n) is 9.15. The van der Waals surface area contributed by atoms with Gasteiger partial charge >= 0.3 is 6.18 Å². The highest BCUT2D eigenvalue weighted by molar-refractivity contribution is 5.94. The molecule has 16 heavy (non-hydrogen) atoms. The molecule has 0 saturated carbocycles. The topological polar surface area (TPSA) is 17.1 Å². The summed E-state index contributed by atoms with van der Waals surface area (Å²) in [6.45, 7) is 5.08. The van der Waals surface area contributed by atoms with Crippen molar-refractivity contribution in [3.05, 3.63) is 35.1 Å². The minimum atomic E-state index is -4.63. The molecule has 0 aliphatic rings. The normalized spacial score (nSPS) is 10.4. The number of hydrogen-bond donors (Lipinski definition) is 0. The van der Waals surface area contributed by atoms with Crippen molar-refractivity contribution < 1.29 is 22.4 Å². The van der Waals surface area contributed by atoms with Gasteiger partial charge in [-0.05, 0) is 25.1 Å². The SMILES string of the molecule is CC.CC(=O)c1cc(F)cc(C(F)(F)F)c1. The molecule has 0 spiro atoms. The Morgan fingerprint density at radius 3 is 2.00 bits per heavy atom. The molecule has 90 valence electrons. The molecule has 0 saturated heterocycles. The van der Waals surface area contributed by atoms with Gasteiger partial charge in [0.05, 0.1) is 5.56 Å². The minimum absolute atomic E-state index is 0.280. The van der Waals surface area contributed by atoms with Gasteiger partial charge in [-0.2, -0.15) is 13.2 Å². The molecule has 0 atom stereocenters. The lowest BCUT2D eigenvalue weighted by Gasteiger charge is -2.07. The highest BCUT2D eigenvalue weighted by Crippen LogP contribution is 2.30. The molecular weight excluding hydrogens is 224 g/mol. The Morgan fingerprint density at radius 2 is 1.62 bits per heavy atom. The Morgan fingerprint density at radius 1 is 1.12 bits per heavy atom. The van der Waals surface area contributed by atoms with E-state index < -0.39 is 23.3 Å². The van der Waals surface area contributed by atoms with Gasteiger partial charge in [-0.3, -0.25) is 4.79 Å². The predicted octanol–water partition coefficient (Wildman–Crippen LogP) is 4.07. The van der Waals surface area contributed by atoms with Gasteiger partial charge in [0.25, 0.3) is 0 Å². The van der Waals surface area contributed by atoms with Crippen molar-refractivity contribution in [2.24, 2.45) is 0 Å². The molecule has 0 fully saturated rings. The van der Waals surface area contributed by atoms with Gasteiger partial charge in [-0.15, -0.1) is 0 Å². The second kappa shape index (κ2) is 5.63. The Balaban J connectivity index is 0.00000106. The molecule has 0 radical (unpaired) electrons. The fourth-order valence-electron chi connectivity index (χ4n) is 0.957. The lowest BCUT2D eigenvalue weighted by atomic mass is 10.1. The number of rotatable bonds is 1. The van der Waals surface area contributed by atoms with Crippen molar-refractivity contribution >= 4 is 5.78 Å². The number of benzene rings is 1. The summed E-state index contributed by atoms with van der Waals surface area (Å²) in [6.07, 6.45) is -4.63. The predicted molar refractivity (Wildman–Crippen MR) is 52.8 cm³/mol. The van der Waals surface area contributed by atoms with Crippen LogP contribution < -0.4 is 0 Å². The van der Waals surface area contributed by atoms with Gasteiger partial charge in [-0.1, -0.05) is 13.8 Å². The summed E-state index contributed by atoms with van der Waals surface area (Å²) < 4.78 is 49.1. The first kappa shape index (κ1) is 14.6. The molecule has 0 bridgehead atoms. The second-order valence-electron chi connectivity index (χ2n) is 2.78. The van der Waals surface area contributed by atoms with E-state index in [1.54, 1.807) is 0 Å². The van der Waals surface area contributed by atoms with Crippen LogP contribution in [0.2, 0.25) is 0 Å². The summed E-state index contributed by atoms with van der Waals surface area (Å²) in [4.78, 5) is 10.7. The van der Waals surface area contributed by atoms with Crippen molar-refractivity contribution in [1.29, 1.82) is 0 Å². The smallest absolute Gasteiger partial charge is 0.295 e. The fourth-order valence-corrected chi connectivity index (χ4v) is 0.957. The minimum Gasteiger partial charge on any atom is -0.295 e. The van der Waals surface area contributed by atoms with Gasteiger partial charge in [0.15, 0.2) is 5.78 Å². The maximum atomic E-state index is 12.7. The van der Waals surface area contributed by atoms with Crippen molar-refractivity contribution in [1.82, 2.24) is 0 Å². The van der Waals surface area contributed by atoms with Gasteiger partial charge in [0.2, 0.25) is 0 Å². The first-order valence-electron chi connectivity index (χ1n) is 4.69. The molecule has 0 unspecified atom stereocenters. The van der Waals surface area contributed by atoms with Crippen LogP contribution in [-0.2, 0) is 6.18 Å². The molecule has 0 heterocycles. The van der Waals surface area contributed by atoms with Crippen LogP contribution >= 0.6 is 0 Å². The molecule has 0 aliphatic heterocycles. The lowest BCUT2D eigenvalue weighted by Crippen LogP contribution is -2.07. The summed E-state index contributed by atoms with van der Waals surface area (Å²) in [6, 6.07) is 1.76. The number of ketones is 1. The number of hydrogen-bond acceptors (Lipinski definition) is 1. The summed E-state index contributed by atoms with van der Waals surface area (Å²) in [5.41, 5.74) is -1.43. The highest BCUT2D eigenvalue weighted by Gasteiger charge is 2.31. The molecule has 5 heteroatoms. The standard InChI is InChI=1S/C9H6F4O.C2H6/c1-5(14)6-2-7(9(11,12)13)4-8(10)3-6;1-2/h2-4H,1H3;1-2H3. The van der Waals surface area contributed by atoms with Crippen LogP contribution in [0.1, 0.15) is 36.7 Å². The molecule has 1 aromatic carbocycles. The highest BCUT2D eigenvalue weighted by atomic mass is 19.4. The van der Waals surface area contributed by atoms with Crippen LogP contribution in [0.3, 0.4) is 0 Å². The lowest BCUT2D eigenvalue weighted by molar-refractivity contribution is -0.137. The van der Waals surface area contributed by atoms with Crippen LogP contribution in [-0.4, -0.2) is 5.78 Å². The Bertz CT molecular complexity index is 369. The van der Waals surface area contributed by atoms with E-state index in [-0.39, 0.29) is 5.56 Å². The number of carbonyl (C=O) groups excluding carboxylic acids is 1. The van der Waals surface area contributed by atoms with Crippen LogP contribution in [0.25, 0.3) is 0 Å². The zero-order chi connectivity index (χ0) is 12.9. The third-order valence-corrected chi connectivity index (χ3v) is 1.63. The van der Waals surface area contributed by atoms with Crippen LogP contribution in [0, 0.1) is 5.82 Å². The number of halogens is 4. The van der Waals surface area contributed by atoms with E-state index in [4.69, 9.17) is 0 Å². The van der Waals surface area contributed by atoms with Crippen LogP contribution in [0.4, 0.5) is 17.6 Å². The number of alkyl halides is 3. The summed E-state index contributed by atoms with van der Waals surface area (Å²) in [5, 5.41) is 0. The number of carbonyl (C=O) groups is 1. The van der Waals surface area contributed by atoms with Crippen molar-refractivity contribution in [3.63, 3.8) is 0 Å². The van der Waals surface area contributed by atoms with E-state index in [0.29, 0.717) is 12.1 Å². The van der Waals surface area contributed by atoms with E-state index in [2.05, 4.69) is 0 Å². The summed E-state index contributed by atoms with van der Waals surface area (Å²) in [5.74, 6) is -1.67. The molecule has 0 N–H and O–H groups in total. The Kier molecular flexibility index (Phi) is 5.14. The van der Waals surface area contributed by atoms with Gasteiger partial charge in [-0.25, -0.2) is 4.39 Å². The third-order valence-electron chi connectivity index (χ3n) is 1.63. The van der Waals surface area contributed by atoms with Crippen LogP contribution in [0.5, 0.6) is 0 Å². The average molecular weight is 236 g/mol. The van der Waals surface area contributed by atoms with E-state index in [0.717, 1.165) is 13.0 Å². The zero-order valence-corrected chi connectivity index (χ0v) is 9.15. The molecule has 1 aromatic rings. The third kappa shape index (κ3) is 4.00. The van der Waals surface area contributed by atoms with Gasteiger partial charge < -0.3 is 0 Å². The summed E-state index contributed by atoms with van der Waals surface area (Å²) >= 11 is 0. The van der Waals surface area contributed by atoms with Crippen molar-refractivity contribution in [3.8, 4) is 0 Å². The maximum absolute atomic E-state index is 12.7. The van der Waals surface area contributed by atoms with E-state index in [1.807, 2.05) is 13.8 Å². The first-order valence-corrected chi connectivity index (χ1v) is 4.69.